The number of fused-ring (bicyclic) bond motifs is 1. The molecular weight excluding hydrogens is 382 g/mol. The predicted molar refractivity (Wildman–Crippen MR) is 100 cm³/mol. The van der Waals surface area contributed by atoms with Crippen molar-refractivity contribution in [1.29, 1.82) is 0 Å². The van der Waals surface area contributed by atoms with E-state index in [9.17, 15) is 29.6 Å². The van der Waals surface area contributed by atoms with Gasteiger partial charge in [0.15, 0.2) is 17.1 Å². The van der Waals surface area contributed by atoms with Gasteiger partial charge >= 0.3 is 5.69 Å². The molecule has 0 aliphatic carbocycles. The molecule has 150 valence electrons. The smallest absolute Gasteiger partial charge is 0.311 e. The number of carbonyl (C=O) groups is 3. The molecule has 1 unspecified atom stereocenters. The molecule has 1 atom stereocenters. The third kappa shape index (κ3) is 3.41. The first-order valence-electron chi connectivity index (χ1n) is 8.47. The van der Waals surface area contributed by atoms with E-state index in [1.54, 1.807) is 12.1 Å². The van der Waals surface area contributed by atoms with Crippen LogP contribution in [0.1, 0.15) is 22.3 Å². The number of benzene rings is 2. The summed E-state index contributed by atoms with van der Waals surface area (Å²) in [5.41, 5.74) is 2.91. The van der Waals surface area contributed by atoms with E-state index in [0.29, 0.717) is 0 Å². The molecule has 2 amide bonds. The number of anilines is 1. The molecule has 0 spiro atoms. The van der Waals surface area contributed by atoms with Gasteiger partial charge in [0.05, 0.1) is 24.1 Å². The summed E-state index contributed by atoms with van der Waals surface area (Å²) in [7, 11) is 1.26. The van der Waals surface area contributed by atoms with Crippen molar-refractivity contribution in [3.05, 3.63) is 63.7 Å². The fourth-order valence-corrected chi connectivity index (χ4v) is 3.33. The van der Waals surface area contributed by atoms with E-state index in [2.05, 4.69) is 0 Å². The lowest BCUT2D eigenvalue weighted by atomic mass is 9.88. The van der Waals surface area contributed by atoms with Crippen LogP contribution in [-0.2, 0) is 15.2 Å². The van der Waals surface area contributed by atoms with Gasteiger partial charge in [-0.1, -0.05) is 18.2 Å². The molecule has 0 saturated heterocycles. The van der Waals surface area contributed by atoms with Gasteiger partial charge in [-0.25, -0.2) is 0 Å². The van der Waals surface area contributed by atoms with Crippen LogP contribution >= 0.6 is 0 Å². The number of nitro benzene ring substituents is 1. The number of para-hydroxylation sites is 1. The Labute approximate surface area is 164 Å². The summed E-state index contributed by atoms with van der Waals surface area (Å²) in [5, 5.41) is 22.3. The first kappa shape index (κ1) is 20.0. The van der Waals surface area contributed by atoms with Crippen molar-refractivity contribution in [3.63, 3.8) is 0 Å². The standard InChI is InChI=1S/C19H17N3O7/c1-29-16-7-6-11(8-14(16)22(27)28)15(23)9-19(26)12-4-2-3-5-13(12)21(18(19)25)10-17(20)24/h2-8,26H,9-10H2,1H3,(H2,20,24). The number of hydrogen-bond acceptors (Lipinski definition) is 7. The van der Waals surface area contributed by atoms with Gasteiger partial charge < -0.3 is 15.6 Å². The summed E-state index contributed by atoms with van der Waals surface area (Å²) in [6, 6.07) is 9.78. The average molecular weight is 399 g/mol. The maximum absolute atomic E-state index is 12.8. The van der Waals surface area contributed by atoms with E-state index < -0.39 is 46.8 Å². The van der Waals surface area contributed by atoms with Gasteiger partial charge in [0.25, 0.3) is 5.91 Å². The number of amides is 2. The molecule has 0 fully saturated rings. The Kier molecular flexibility index (Phi) is 5.04. The van der Waals surface area contributed by atoms with Gasteiger partial charge in [-0.3, -0.25) is 29.4 Å². The molecule has 10 nitrogen and oxygen atoms in total. The van der Waals surface area contributed by atoms with Crippen molar-refractivity contribution < 1.29 is 29.2 Å². The van der Waals surface area contributed by atoms with Crippen molar-refractivity contribution in [2.75, 3.05) is 18.6 Å². The molecule has 0 aromatic heterocycles. The summed E-state index contributed by atoms with van der Waals surface area (Å²) in [5.74, 6) is -2.37. The lowest BCUT2D eigenvalue weighted by molar-refractivity contribution is -0.385. The molecule has 1 heterocycles. The lowest BCUT2D eigenvalue weighted by Crippen LogP contribution is -2.44. The normalized spacial score (nSPS) is 17.7. The largest absolute Gasteiger partial charge is 0.490 e. The molecule has 0 radical (unpaired) electrons. The van der Waals surface area contributed by atoms with E-state index >= 15 is 0 Å². The summed E-state index contributed by atoms with van der Waals surface area (Å²) < 4.78 is 4.90. The summed E-state index contributed by atoms with van der Waals surface area (Å²) >= 11 is 0. The van der Waals surface area contributed by atoms with Crippen molar-refractivity contribution in [1.82, 2.24) is 0 Å². The molecule has 3 rings (SSSR count). The number of primary amides is 1. The SMILES string of the molecule is COc1ccc(C(=O)CC2(O)C(=O)N(CC(N)=O)c3ccccc32)cc1[N+](=O)[O-]. The lowest BCUT2D eigenvalue weighted by Gasteiger charge is -2.22. The third-order valence-corrected chi connectivity index (χ3v) is 4.67. The minimum Gasteiger partial charge on any atom is -0.490 e. The zero-order valence-corrected chi connectivity index (χ0v) is 15.3. The van der Waals surface area contributed by atoms with Crippen LogP contribution in [0.5, 0.6) is 5.75 Å². The first-order valence-corrected chi connectivity index (χ1v) is 8.47. The summed E-state index contributed by atoms with van der Waals surface area (Å²) in [6.07, 6.45) is -0.665. The van der Waals surface area contributed by atoms with Gasteiger partial charge in [-0.15, -0.1) is 0 Å². The van der Waals surface area contributed by atoms with Gasteiger partial charge in [0.2, 0.25) is 5.91 Å². The monoisotopic (exact) mass is 399 g/mol. The topological polar surface area (TPSA) is 153 Å². The van der Waals surface area contributed by atoms with Crippen molar-refractivity contribution in [2.45, 2.75) is 12.0 Å². The molecule has 3 N–H and O–H groups in total. The highest BCUT2D eigenvalue weighted by Crippen LogP contribution is 2.43. The van der Waals surface area contributed by atoms with Gasteiger partial charge in [-0.2, -0.15) is 0 Å². The number of nitro groups is 1. The Morgan fingerprint density at radius 3 is 2.59 bits per heavy atom. The third-order valence-electron chi connectivity index (χ3n) is 4.67. The second kappa shape index (κ2) is 7.32. The van der Waals surface area contributed by atoms with Gasteiger partial charge in [0.1, 0.15) is 6.54 Å². The zero-order chi connectivity index (χ0) is 21.3. The highest BCUT2D eigenvalue weighted by atomic mass is 16.6. The van der Waals surface area contributed by atoms with E-state index in [4.69, 9.17) is 10.5 Å². The molecule has 0 bridgehead atoms. The quantitative estimate of drug-likeness (QED) is 0.398. The summed E-state index contributed by atoms with van der Waals surface area (Å²) in [6.45, 7) is -0.458. The number of aliphatic hydroxyl groups is 1. The van der Waals surface area contributed by atoms with E-state index in [1.165, 1.54) is 31.4 Å². The number of hydrogen-bond donors (Lipinski definition) is 2. The maximum Gasteiger partial charge on any atom is 0.311 e. The number of carbonyl (C=O) groups excluding carboxylic acids is 3. The first-order chi connectivity index (χ1) is 13.7. The Hall–Kier alpha value is -3.79. The number of methoxy groups -OCH3 is 1. The molecule has 2 aromatic carbocycles. The van der Waals surface area contributed by atoms with Crippen LogP contribution in [0.25, 0.3) is 0 Å². The second-order valence-corrected chi connectivity index (χ2v) is 6.48. The minimum atomic E-state index is -2.22. The van der Waals surface area contributed by atoms with Gasteiger partial charge in [-0.05, 0) is 18.2 Å². The highest BCUT2D eigenvalue weighted by Gasteiger charge is 2.51. The number of ether oxygens (including phenoxy) is 1. The Balaban J connectivity index is 1.98. The van der Waals surface area contributed by atoms with E-state index in [1.807, 2.05) is 0 Å². The molecular formula is C19H17N3O7. The molecule has 29 heavy (non-hydrogen) atoms. The van der Waals surface area contributed by atoms with Crippen LogP contribution in [0.4, 0.5) is 11.4 Å². The Bertz CT molecular complexity index is 1040. The van der Waals surface area contributed by atoms with Crippen LogP contribution in [0.3, 0.4) is 0 Å². The fourth-order valence-electron chi connectivity index (χ4n) is 3.33. The van der Waals surface area contributed by atoms with Crippen LogP contribution in [0.15, 0.2) is 42.5 Å². The van der Waals surface area contributed by atoms with Crippen LogP contribution in [-0.4, -0.2) is 41.3 Å². The minimum absolute atomic E-state index is 0.0276. The fraction of sp³-hybridized carbons (Fsp3) is 0.211. The Morgan fingerprint density at radius 2 is 1.97 bits per heavy atom. The van der Waals surface area contributed by atoms with E-state index in [0.717, 1.165) is 11.0 Å². The van der Waals surface area contributed by atoms with Crippen molar-refractivity contribution >= 4 is 29.0 Å². The number of rotatable bonds is 7. The highest BCUT2D eigenvalue weighted by molar-refractivity contribution is 6.12. The Morgan fingerprint density at radius 1 is 1.28 bits per heavy atom. The number of Topliss-reactive ketones (excluding diaryl/α,β-unsaturated/α-hetero) is 1. The molecule has 2 aromatic rings. The summed E-state index contributed by atoms with van der Waals surface area (Å²) in [4.78, 5) is 48.5. The zero-order valence-electron chi connectivity index (χ0n) is 15.3. The van der Waals surface area contributed by atoms with Crippen LogP contribution in [0.2, 0.25) is 0 Å². The van der Waals surface area contributed by atoms with Crippen molar-refractivity contribution in [2.24, 2.45) is 5.73 Å². The number of nitrogens with zero attached hydrogens (tertiary/aromatic N) is 2. The molecule has 1 aliphatic heterocycles. The maximum atomic E-state index is 12.8. The molecule has 1 aliphatic rings. The number of nitrogens with two attached hydrogens (primary N) is 1. The molecule has 10 heteroatoms. The van der Waals surface area contributed by atoms with Crippen molar-refractivity contribution in [3.8, 4) is 5.75 Å². The van der Waals surface area contributed by atoms with Crippen LogP contribution in [0, 0.1) is 10.1 Å². The number of ketones is 1. The predicted octanol–water partition coefficient (Wildman–Crippen LogP) is 0.896. The molecule has 0 saturated carbocycles. The van der Waals surface area contributed by atoms with Crippen LogP contribution < -0.4 is 15.4 Å². The van der Waals surface area contributed by atoms with E-state index in [-0.39, 0.29) is 22.6 Å². The van der Waals surface area contributed by atoms with Gasteiger partial charge in [0, 0.05) is 17.2 Å². The average Bonchev–Trinajstić information content (AvgIpc) is 2.89. The second-order valence-electron chi connectivity index (χ2n) is 6.48.